The lowest BCUT2D eigenvalue weighted by Gasteiger charge is -2.49. The molecule has 1 aromatic rings. The second-order valence-electron chi connectivity index (χ2n) is 17.4. The molecular weight excluding hydrogens is 668 g/mol. The summed E-state index contributed by atoms with van der Waals surface area (Å²) in [5.41, 5.74) is 0.938. The van der Waals surface area contributed by atoms with Crippen molar-refractivity contribution in [1.29, 1.82) is 0 Å². The fourth-order valence-electron chi connectivity index (χ4n) is 9.51. The van der Waals surface area contributed by atoms with Crippen LogP contribution in [0.5, 0.6) is 0 Å². The van der Waals surface area contributed by atoms with Crippen LogP contribution in [-0.4, -0.2) is 87.1 Å². The highest BCUT2D eigenvalue weighted by molar-refractivity contribution is 5.31. The van der Waals surface area contributed by atoms with E-state index < -0.39 is 35.1 Å². The van der Waals surface area contributed by atoms with Gasteiger partial charge in [-0.3, -0.25) is 0 Å². The van der Waals surface area contributed by atoms with Crippen LogP contribution in [0.4, 0.5) is 0 Å². The summed E-state index contributed by atoms with van der Waals surface area (Å²) in [5.74, 6) is 0.285. The summed E-state index contributed by atoms with van der Waals surface area (Å²) in [6, 6.07) is 9.72. The third kappa shape index (κ3) is 9.29. The van der Waals surface area contributed by atoms with Crippen LogP contribution in [0, 0.1) is 5.92 Å². The fourth-order valence-corrected chi connectivity index (χ4v) is 9.51. The number of rotatable bonds is 10. The van der Waals surface area contributed by atoms with Crippen LogP contribution >= 0.6 is 0 Å². The Labute approximate surface area is 318 Å². The predicted molar refractivity (Wildman–Crippen MR) is 207 cm³/mol. The van der Waals surface area contributed by atoms with E-state index >= 15 is 0 Å². The van der Waals surface area contributed by atoms with Crippen molar-refractivity contribution in [2.24, 2.45) is 5.92 Å². The maximum atomic E-state index is 11.8. The van der Waals surface area contributed by atoms with Crippen LogP contribution in [0.2, 0.25) is 0 Å². The molecule has 0 radical (unpaired) electrons. The van der Waals surface area contributed by atoms with Crippen molar-refractivity contribution < 1.29 is 39.0 Å². The van der Waals surface area contributed by atoms with Gasteiger partial charge in [0.15, 0.2) is 0 Å². The van der Waals surface area contributed by atoms with Gasteiger partial charge in [-0.25, -0.2) is 0 Å². The summed E-state index contributed by atoms with van der Waals surface area (Å²) in [5, 5.41) is 33.9. The topological polar surface area (TPSA) is 107 Å². The van der Waals surface area contributed by atoms with Crippen LogP contribution in [0.1, 0.15) is 124 Å². The van der Waals surface area contributed by atoms with Crippen molar-refractivity contribution in [3.05, 3.63) is 84.0 Å². The summed E-state index contributed by atoms with van der Waals surface area (Å²) < 4.78 is 34.4. The first-order chi connectivity index (χ1) is 25.2. The van der Waals surface area contributed by atoms with E-state index in [4.69, 9.17) is 23.7 Å². The minimum atomic E-state index is -0.930. The van der Waals surface area contributed by atoms with Gasteiger partial charge in [0.25, 0.3) is 0 Å². The molecule has 8 heteroatoms. The number of fused-ring (bicyclic) bond motifs is 4. The van der Waals surface area contributed by atoms with Gasteiger partial charge in [-0.05, 0) is 116 Å². The molecule has 0 amide bonds. The highest BCUT2D eigenvalue weighted by Crippen LogP contribution is 2.49. The normalized spacial score (nSPS) is 43.0. The second-order valence-corrected chi connectivity index (χ2v) is 17.4. The van der Waals surface area contributed by atoms with E-state index in [1.54, 1.807) is 6.08 Å². The van der Waals surface area contributed by atoms with Crippen molar-refractivity contribution in [3.63, 3.8) is 0 Å². The molecule has 5 fully saturated rings. The first-order valence-electron chi connectivity index (χ1n) is 20.3. The lowest BCUT2D eigenvalue weighted by molar-refractivity contribution is -0.273. The van der Waals surface area contributed by atoms with Crippen molar-refractivity contribution >= 4 is 0 Å². The molecule has 1 aromatic carbocycles. The number of allylic oxidation sites excluding steroid dienone is 6. The zero-order chi connectivity index (χ0) is 38.0. The molecular formula is C45H66O8. The van der Waals surface area contributed by atoms with Crippen molar-refractivity contribution in [1.82, 2.24) is 0 Å². The SMILES string of the molecule is C=CC=CCCC1OC2CCC3(C)OC4C(O)CC5(C)OC(CCC=C(C)C(C)=CC(O)c6ccccc6)C(C)CC5OC4CC3OC2CCC1(C)O. The van der Waals surface area contributed by atoms with E-state index in [9.17, 15) is 15.3 Å². The molecule has 8 nitrogen and oxygen atoms in total. The van der Waals surface area contributed by atoms with Crippen molar-refractivity contribution in [3.8, 4) is 0 Å². The summed E-state index contributed by atoms with van der Waals surface area (Å²) in [6.07, 6.45) is 14.9. The molecule has 0 aromatic heterocycles. The third-order valence-corrected chi connectivity index (χ3v) is 13.1. The number of ether oxygens (including phenoxy) is 5. The van der Waals surface area contributed by atoms with Gasteiger partial charge in [0.1, 0.15) is 6.10 Å². The first kappa shape index (κ1) is 40.5. The van der Waals surface area contributed by atoms with Gasteiger partial charge < -0.3 is 39.0 Å². The van der Waals surface area contributed by atoms with Gasteiger partial charge in [-0.1, -0.05) is 73.7 Å². The highest BCUT2D eigenvalue weighted by Gasteiger charge is 2.58. The predicted octanol–water partition coefficient (Wildman–Crippen LogP) is 8.01. The zero-order valence-corrected chi connectivity index (χ0v) is 33.0. The van der Waals surface area contributed by atoms with E-state index in [-0.39, 0.29) is 48.6 Å². The lowest BCUT2D eigenvalue weighted by atomic mass is 9.79. The largest absolute Gasteiger partial charge is 0.390 e. The Morgan fingerprint density at radius 2 is 1.58 bits per heavy atom. The number of aliphatic hydroxyl groups excluding tert-OH is 2. The first-order valence-corrected chi connectivity index (χ1v) is 20.3. The van der Waals surface area contributed by atoms with Crippen LogP contribution in [-0.2, 0) is 23.7 Å². The quantitative estimate of drug-likeness (QED) is 0.208. The van der Waals surface area contributed by atoms with E-state index in [1.165, 1.54) is 0 Å². The van der Waals surface area contributed by atoms with Crippen LogP contribution < -0.4 is 0 Å². The fraction of sp³-hybridized carbons (Fsp3) is 0.689. The molecule has 5 aliphatic heterocycles. The summed E-state index contributed by atoms with van der Waals surface area (Å²) in [7, 11) is 0. The van der Waals surface area contributed by atoms with Gasteiger partial charge in [-0.15, -0.1) is 0 Å². The molecule has 0 aliphatic carbocycles. The van der Waals surface area contributed by atoms with Crippen LogP contribution in [0.25, 0.3) is 0 Å². The zero-order valence-electron chi connectivity index (χ0n) is 33.0. The maximum Gasteiger partial charge on any atom is 0.111 e. The molecule has 3 N–H and O–H groups in total. The lowest BCUT2D eigenvalue weighted by Crippen LogP contribution is -2.59. The van der Waals surface area contributed by atoms with E-state index in [1.807, 2.05) is 56.3 Å². The smallest absolute Gasteiger partial charge is 0.111 e. The molecule has 5 saturated heterocycles. The van der Waals surface area contributed by atoms with Crippen molar-refractivity contribution in [2.45, 2.75) is 190 Å². The van der Waals surface area contributed by atoms with Gasteiger partial charge in [0, 0.05) is 12.8 Å². The standard InChI is InChI=1S/C45H66O8/c1-8-9-10-14-20-39-43(5,48)23-21-36-37(49-39)22-24-44(6)41(50-36)27-38-42(53-44)34(47)28-45(7)40(51-38)26-31(4)35(52-45)19-15-16-29(2)30(3)25-33(46)32-17-12-11-13-18-32/h8-13,16-18,25,31,33-42,46-48H,1,14-15,19-24,26-28H2,2-7H3. The Balaban J connectivity index is 1.09. The van der Waals surface area contributed by atoms with Crippen LogP contribution in [0.15, 0.2) is 78.4 Å². The van der Waals surface area contributed by atoms with Gasteiger partial charge in [-0.2, -0.15) is 0 Å². The molecule has 14 atom stereocenters. The Morgan fingerprint density at radius 1 is 0.887 bits per heavy atom. The Bertz CT molecular complexity index is 1470. The number of aliphatic hydroxyl groups is 3. The molecule has 294 valence electrons. The monoisotopic (exact) mass is 734 g/mol. The van der Waals surface area contributed by atoms with Crippen LogP contribution in [0.3, 0.4) is 0 Å². The molecule has 0 bridgehead atoms. The summed E-state index contributed by atoms with van der Waals surface area (Å²) >= 11 is 0. The van der Waals surface area contributed by atoms with E-state index in [0.29, 0.717) is 25.7 Å². The molecule has 5 aliphatic rings. The minimum absolute atomic E-state index is 0.0366. The average molecular weight is 735 g/mol. The molecule has 53 heavy (non-hydrogen) atoms. The Morgan fingerprint density at radius 3 is 2.34 bits per heavy atom. The average Bonchev–Trinajstić information content (AvgIpc) is 3.38. The molecule has 6 rings (SSSR count). The summed E-state index contributed by atoms with van der Waals surface area (Å²) in [6.45, 7) is 16.3. The van der Waals surface area contributed by atoms with E-state index in [2.05, 4.69) is 46.4 Å². The molecule has 0 spiro atoms. The van der Waals surface area contributed by atoms with E-state index in [0.717, 1.165) is 61.7 Å². The molecule has 5 heterocycles. The molecule has 0 saturated carbocycles. The van der Waals surface area contributed by atoms with Gasteiger partial charge in [0.05, 0.1) is 71.7 Å². The van der Waals surface area contributed by atoms with Gasteiger partial charge in [0.2, 0.25) is 0 Å². The Kier molecular flexibility index (Phi) is 12.9. The highest BCUT2D eigenvalue weighted by atomic mass is 16.6. The third-order valence-electron chi connectivity index (χ3n) is 13.1. The maximum absolute atomic E-state index is 11.8. The van der Waals surface area contributed by atoms with Gasteiger partial charge >= 0.3 is 0 Å². The number of hydrogen-bond donors (Lipinski definition) is 3. The summed E-state index contributed by atoms with van der Waals surface area (Å²) in [4.78, 5) is 0. The Hall–Kier alpha value is -2.14. The van der Waals surface area contributed by atoms with Crippen molar-refractivity contribution in [2.75, 3.05) is 0 Å². The number of hydrogen-bond acceptors (Lipinski definition) is 8. The molecule has 14 unspecified atom stereocenters. The minimum Gasteiger partial charge on any atom is -0.390 e. The second kappa shape index (κ2) is 16.9. The number of benzene rings is 1.